The molecule has 1 saturated heterocycles. The third-order valence-electron chi connectivity index (χ3n) is 5.71. The zero-order chi connectivity index (χ0) is 23.5. The third kappa shape index (κ3) is 5.00. The lowest BCUT2D eigenvalue weighted by Gasteiger charge is -2.32. The molecule has 11 heteroatoms. The number of benzene rings is 1. The second kappa shape index (κ2) is 9.62. The Labute approximate surface area is 194 Å². The van der Waals surface area contributed by atoms with Crippen LogP contribution in [-0.2, 0) is 19.1 Å². The first-order valence-electron chi connectivity index (χ1n) is 10.8. The summed E-state index contributed by atoms with van der Waals surface area (Å²) in [6.07, 6.45) is 1.24. The normalized spacial score (nSPS) is 19.9. The number of carbonyl (C=O) groups is 3. The molecule has 0 spiro atoms. The largest absolute Gasteiger partial charge is 0.466 e. The Balaban J connectivity index is 1.59. The van der Waals surface area contributed by atoms with Crippen LogP contribution in [0.2, 0.25) is 5.02 Å². The number of ether oxygens (including phenoxy) is 1. The summed E-state index contributed by atoms with van der Waals surface area (Å²) in [5, 5.41) is 5.84. The van der Waals surface area contributed by atoms with Crippen LogP contribution < -0.4 is 21.1 Å². The second-order valence-electron chi connectivity index (χ2n) is 7.99. The summed E-state index contributed by atoms with van der Waals surface area (Å²) < 4.78 is 5.12. The highest BCUT2D eigenvalue weighted by atomic mass is 35.5. The lowest BCUT2D eigenvalue weighted by atomic mass is 9.92. The van der Waals surface area contributed by atoms with Crippen molar-refractivity contribution in [3.05, 3.63) is 45.2 Å². The van der Waals surface area contributed by atoms with Crippen molar-refractivity contribution in [2.24, 2.45) is 5.92 Å². The number of esters is 1. The van der Waals surface area contributed by atoms with Crippen molar-refractivity contribution >= 4 is 46.8 Å². The average Bonchev–Trinajstić information content (AvgIpc) is 2.80. The fourth-order valence-corrected chi connectivity index (χ4v) is 4.24. The molecule has 1 fully saturated rings. The highest BCUT2D eigenvalue weighted by Crippen LogP contribution is 2.31. The molecule has 33 heavy (non-hydrogen) atoms. The van der Waals surface area contributed by atoms with Crippen LogP contribution in [0.4, 0.5) is 17.5 Å². The Kier molecular flexibility index (Phi) is 6.64. The summed E-state index contributed by atoms with van der Waals surface area (Å²) in [7, 11) is 0. The lowest BCUT2D eigenvalue weighted by molar-refractivity contribution is -0.148. The monoisotopic (exact) mass is 473 g/mol. The maximum atomic E-state index is 13.0. The van der Waals surface area contributed by atoms with Crippen molar-refractivity contribution in [1.82, 2.24) is 9.97 Å². The Bertz CT molecular complexity index is 1130. The van der Waals surface area contributed by atoms with Crippen LogP contribution in [0.25, 0.3) is 0 Å². The number of halogens is 1. The Morgan fingerprint density at radius 2 is 2.03 bits per heavy atom. The van der Waals surface area contributed by atoms with E-state index in [1.807, 2.05) is 0 Å². The predicted octanol–water partition coefficient (Wildman–Crippen LogP) is 2.27. The molecule has 0 radical (unpaired) electrons. The number of nitrogens with one attached hydrogen (secondary N) is 3. The van der Waals surface area contributed by atoms with Crippen LogP contribution >= 0.6 is 11.6 Å². The van der Waals surface area contributed by atoms with Gasteiger partial charge in [-0.1, -0.05) is 11.6 Å². The molecule has 2 aromatic rings. The lowest BCUT2D eigenvalue weighted by Crippen LogP contribution is -2.42. The van der Waals surface area contributed by atoms with Gasteiger partial charge in [0, 0.05) is 30.2 Å². The Morgan fingerprint density at radius 3 is 2.76 bits per heavy atom. The molecule has 0 saturated carbocycles. The number of hydrogen-bond acceptors (Lipinski definition) is 7. The molecule has 174 valence electrons. The van der Waals surface area contributed by atoms with Crippen LogP contribution in [0, 0.1) is 5.92 Å². The average molecular weight is 474 g/mol. The molecular formula is C22H24ClN5O5. The number of piperidine rings is 1. The van der Waals surface area contributed by atoms with E-state index < -0.39 is 23.3 Å². The Hall–Kier alpha value is -3.40. The number of aromatic nitrogens is 2. The number of rotatable bonds is 5. The molecular weight excluding hydrogens is 450 g/mol. The summed E-state index contributed by atoms with van der Waals surface area (Å²) in [6, 6.07) is 6.51. The predicted molar refractivity (Wildman–Crippen MR) is 122 cm³/mol. The van der Waals surface area contributed by atoms with Gasteiger partial charge in [-0.05, 0) is 44.0 Å². The van der Waals surface area contributed by atoms with Crippen molar-refractivity contribution in [3.8, 4) is 0 Å². The minimum Gasteiger partial charge on any atom is -0.466 e. The minimum atomic E-state index is -0.997. The summed E-state index contributed by atoms with van der Waals surface area (Å²) in [6.45, 7) is 2.99. The van der Waals surface area contributed by atoms with Gasteiger partial charge in [-0.25, -0.2) is 0 Å². The molecule has 1 aromatic heterocycles. The van der Waals surface area contributed by atoms with Gasteiger partial charge in [0.2, 0.25) is 17.8 Å². The molecule has 2 aliphatic heterocycles. The number of hydrogen-bond donors (Lipinski definition) is 3. The van der Waals surface area contributed by atoms with Crippen molar-refractivity contribution in [2.45, 2.75) is 32.1 Å². The van der Waals surface area contributed by atoms with Crippen LogP contribution in [0.3, 0.4) is 0 Å². The van der Waals surface area contributed by atoms with Crippen molar-refractivity contribution in [1.29, 1.82) is 0 Å². The highest BCUT2D eigenvalue weighted by Gasteiger charge is 2.36. The fourth-order valence-electron chi connectivity index (χ4n) is 4.12. The number of amides is 2. The quantitative estimate of drug-likeness (QED) is 0.567. The van der Waals surface area contributed by atoms with E-state index in [1.54, 1.807) is 36.1 Å². The van der Waals surface area contributed by atoms with Crippen molar-refractivity contribution < 1.29 is 19.1 Å². The smallest absolute Gasteiger partial charge is 0.310 e. The molecule has 10 nitrogen and oxygen atoms in total. The van der Waals surface area contributed by atoms with E-state index in [-0.39, 0.29) is 35.6 Å². The van der Waals surface area contributed by atoms with Crippen LogP contribution in [0.1, 0.15) is 37.7 Å². The van der Waals surface area contributed by atoms with E-state index in [1.165, 1.54) is 0 Å². The first-order chi connectivity index (χ1) is 15.9. The molecule has 2 amide bonds. The standard InChI is InChI=1S/C22H24ClN5O5/c1-2-33-21(32)12-4-3-9-28(11-12)22-26-18-17(20(31)27-22)15(10-16(29)25-18)19(30)24-14-7-5-13(23)6-8-14/h5-8,12,15H,2-4,9-11H2,1H3,(H,24,30)(H2,25,26,27,29,31). The van der Waals surface area contributed by atoms with E-state index in [4.69, 9.17) is 16.3 Å². The number of H-pyrrole nitrogens is 1. The van der Waals surface area contributed by atoms with Crippen LogP contribution in [0.5, 0.6) is 0 Å². The van der Waals surface area contributed by atoms with Gasteiger partial charge in [0.1, 0.15) is 5.82 Å². The first kappa shape index (κ1) is 22.8. The van der Waals surface area contributed by atoms with Gasteiger partial charge in [0.15, 0.2) is 0 Å². The van der Waals surface area contributed by atoms with Gasteiger partial charge >= 0.3 is 5.97 Å². The van der Waals surface area contributed by atoms with Crippen LogP contribution in [0.15, 0.2) is 29.1 Å². The fraction of sp³-hybridized carbons (Fsp3) is 0.409. The van der Waals surface area contributed by atoms with Gasteiger partial charge in [0.05, 0.1) is 24.0 Å². The molecule has 4 rings (SSSR count). The van der Waals surface area contributed by atoms with Gasteiger partial charge in [0.25, 0.3) is 5.56 Å². The topological polar surface area (TPSA) is 133 Å². The highest BCUT2D eigenvalue weighted by molar-refractivity contribution is 6.30. The first-order valence-corrected chi connectivity index (χ1v) is 11.2. The number of carbonyl (C=O) groups excluding carboxylic acids is 3. The van der Waals surface area contributed by atoms with E-state index in [0.717, 1.165) is 6.42 Å². The number of anilines is 3. The van der Waals surface area contributed by atoms with Gasteiger partial charge < -0.3 is 20.3 Å². The maximum absolute atomic E-state index is 13.0. The van der Waals surface area contributed by atoms with E-state index in [2.05, 4.69) is 20.6 Å². The van der Waals surface area contributed by atoms with Gasteiger partial charge in [-0.2, -0.15) is 4.98 Å². The molecule has 2 unspecified atom stereocenters. The summed E-state index contributed by atoms with van der Waals surface area (Å²) in [4.78, 5) is 59.3. The van der Waals surface area contributed by atoms with E-state index in [9.17, 15) is 19.2 Å². The molecule has 2 aliphatic rings. The number of fused-ring (bicyclic) bond motifs is 1. The van der Waals surface area contributed by atoms with Crippen molar-refractivity contribution in [2.75, 3.05) is 35.2 Å². The summed E-state index contributed by atoms with van der Waals surface area (Å²) >= 11 is 5.88. The van der Waals surface area contributed by atoms with Gasteiger partial charge in [-0.15, -0.1) is 0 Å². The summed E-state index contributed by atoms with van der Waals surface area (Å²) in [5.74, 6) is -2.21. The van der Waals surface area contributed by atoms with Crippen LogP contribution in [-0.4, -0.2) is 47.4 Å². The third-order valence-corrected chi connectivity index (χ3v) is 5.96. The Morgan fingerprint density at radius 1 is 1.27 bits per heavy atom. The SMILES string of the molecule is CCOC(=O)C1CCCN(c2nc3c(c(=O)[nH]2)C(C(=O)Nc2ccc(Cl)cc2)CC(=O)N3)C1. The molecule has 0 aliphatic carbocycles. The number of aromatic amines is 1. The minimum absolute atomic E-state index is 0.0551. The number of nitrogens with zero attached hydrogens (tertiary/aromatic N) is 2. The van der Waals surface area contributed by atoms with Gasteiger partial charge in [-0.3, -0.25) is 24.2 Å². The molecule has 3 N–H and O–H groups in total. The molecule has 3 heterocycles. The van der Waals surface area contributed by atoms with E-state index in [0.29, 0.717) is 36.8 Å². The van der Waals surface area contributed by atoms with E-state index >= 15 is 0 Å². The molecule has 0 bridgehead atoms. The zero-order valence-electron chi connectivity index (χ0n) is 18.0. The maximum Gasteiger partial charge on any atom is 0.310 e. The van der Waals surface area contributed by atoms with Crippen molar-refractivity contribution in [3.63, 3.8) is 0 Å². The second-order valence-corrected chi connectivity index (χ2v) is 8.43. The zero-order valence-corrected chi connectivity index (χ0v) is 18.8. The molecule has 1 aromatic carbocycles. The molecule has 2 atom stereocenters. The summed E-state index contributed by atoms with van der Waals surface area (Å²) in [5.41, 5.74) is 0.0875.